The number of ketones is 1. The molecule has 2 aliphatic heterocycles. The molecular weight excluding hydrogens is 692 g/mol. The Balaban J connectivity index is 0.000000421. The molecule has 0 saturated carbocycles. The van der Waals surface area contributed by atoms with E-state index in [2.05, 4.69) is 10.3 Å². The lowest BCUT2D eigenvalue weighted by Crippen LogP contribution is -2.71. The van der Waals surface area contributed by atoms with Crippen LogP contribution in [0.3, 0.4) is 0 Å². The van der Waals surface area contributed by atoms with E-state index in [0.29, 0.717) is 17.9 Å². The summed E-state index contributed by atoms with van der Waals surface area (Å²) in [7, 11) is 0. The third-order valence-corrected chi connectivity index (χ3v) is 7.61. The molecule has 1 saturated heterocycles. The molecule has 244 valence electrons. The number of thioether (sulfide) groups is 1. The molecule has 0 radical (unpaired) electrons. The van der Waals surface area contributed by atoms with Gasteiger partial charge in [-0.05, 0) is 0 Å². The molecule has 2 aromatic heterocycles. The van der Waals surface area contributed by atoms with Gasteiger partial charge >= 0.3 is 24.3 Å². The zero-order valence-corrected chi connectivity index (χ0v) is 24.0. The van der Waals surface area contributed by atoms with Gasteiger partial charge in [-0.3, -0.25) is 19.3 Å². The lowest BCUT2D eigenvalue weighted by atomic mass is 10.0. The van der Waals surface area contributed by atoms with Crippen molar-refractivity contribution in [2.75, 3.05) is 11.5 Å². The Morgan fingerprint density at radius 2 is 1.62 bits per heavy atom. The molecule has 2 aromatic rings. The summed E-state index contributed by atoms with van der Waals surface area (Å²) in [4.78, 5) is 71.8. The largest absolute Gasteiger partial charge is 0.542 e. The van der Waals surface area contributed by atoms with Gasteiger partial charge in [0.15, 0.2) is 24.1 Å². The van der Waals surface area contributed by atoms with E-state index >= 15 is 0 Å². The number of thiazole rings is 1. The summed E-state index contributed by atoms with van der Waals surface area (Å²) in [5.74, 6) is -9.31. The predicted molar refractivity (Wildman–Crippen MR) is 137 cm³/mol. The number of amides is 2. The van der Waals surface area contributed by atoms with Crippen LogP contribution in [0.4, 0.5) is 31.5 Å². The van der Waals surface area contributed by atoms with E-state index in [1.54, 1.807) is 12.4 Å². The maximum atomic E-state index is 12.7. The Hall–Kier alpha value is -4.44. The molecular formula is C22H16ClF6N5O9S2. The van der Waals surface area contributed by atoms with Gasteiger partial charge in [-0.1, -0.05) is 29.0 Å². The number of hydrogen-bond acceptors (Lipinski definition) is 11. The van der Waals surface area contributed by atoms with Gasteiger partial charge in [0, 0.05) is 23.5 Å². The molecule has 0 unspecified atom stereocenters. The first-order valence-corrected chi connectivity index (χ1v) is 13.6. The predicted octanol–water partition coefficient (Wildman–Crippen LogP) is 0.220. The average molecular weight is 708 g/mol. The number of aliphatic carboxylic acids is 3. The number of fused-ring (bicyclic) bond motifs is 1. The number of rotatable bonds is 6. The molecule has 0 aliphatic carbocycles. The Morgan fingerprint density at radius 1 is 1.09 bits per heavy atom. The third-order valence-electron chi connectivity index (χ3n) is 5.18. The van der Waals surface area contributed by atoms with Gasteiger partial charge in [-0.15, -0.1) is 11.8 Å². The fourth-order valence-corrected chi connectivity index (χ4v) is 5.59. The van der Waals surface area contributed by atoms with Gasteiger partial charge in [0.2, 0.25) is 0 Å². The summed E-state index contributed by atoms with van der Waals surface area (Å²) < 4.78 is 65.1. The van der Waals surface area contributed by atoms with Crippen LogP contribution in [0.5, 0.6) is 0 Å². The number of Topliss-reactive ketones (excluding diaryl/α,β-unsaturated/α-hetero) is 1. The fraction of sp³-hybridized carbons (Fsp3) is 0.273. The zero-order chi connectivity index (χ0) is 34.4. The number of carbonyl (C=O) groups excluding carboxylic acids is 4. The lowest BCUT2D eigenvalue weighted by Gasteiger charge is -2.49. The first-order valence-electron chi connectivity index (χ1n) is 11.4. The van der Waals surface area contributed by atoms with E-state index < -0.39 is 59.3 Å². The van der Waals surface area contributed by atoms with Gasteiger partial charge in [0.1, 0.15) is 33.1 Å². The highest BCUT2D eigenvalue weighted by molar-refractivity contribution is 8.00. The van der Waals surface area contributed by atoms with E-state index in [1.165, 1.54) is 11.8 Å². The number of nitrogens with zero attached hydrogens (tertiary/aromatic N) is 3. The van der Waals surface area contributed by atoms with E-state index in [9.17, 15) is 50.6 Å². The molecule has 2 amide bonds. The van der Waals surface area contributed by atoms with Crippen molar-refractivity contribution in [2.45, 2.75) is 30.3 Å². The van der Waals surface area contributed by atoms with Gasteiger partial charge < -0.3 is 31.2 Å². The maximum Gasteiger partial charge on any atom is 0.490 e. The Morgan fingerprint density at radius 3 is 2.04 bits per heavy atom. The SMILES string of the molecule is Nc1nc(C(=O)C(=O)N[C@@H]2C(=O)N3C(C(=O)O)=C(C[n+]4ccccc4)CS[C@@H]23)c(Cl)s1.O=C(O)C(F)(F)F.O=C([O-])C(F)(F)F. The van der Waals surface area contributed by atoms with E-state index in [0.717, 1.165) is 16.2 Å². The number of aromatic nitrogens is 2. The maximum absolute atomic E-state index is 12.7. The van der Waals surface area contributed by atoms with Crippen LogP contribution >= 0.6 is 34.7 Å². The average Bonchev–Trinajstić information content (AvgIpc) is 3.28. The number of anilines is 1. The molecule has 4 rings (SSSR count). The van der Waals surface area contributed by atoms with Crippen molar-refractivity contribution in [3.63, 3.8) is 0 Å². The molecule has 23 heteroatoms. The van der Waals surface area contributed by atoms with Crippen molar-refractivity contribution in [2.24, 2.45) is 0 Å². The van der Waals surface area contributed by atoms with Crippen molar-refractivity contribution in [1.29, 1.82) is 0 Å². The van der Waals surface area contributed by atoms with Crippen LogP contribution in [0.1, 0.15) is 10.5 Å². The topological polar surface area (TPSA) is 224 Å². The number of nitrogen functional groups attached to an aromatic ring is 1. The highest BCUT2D eigenvalue weighted by Gasteiger charge is 2.55. The number of nitrogens with one attached hydrogen (secondary N) is 1. The highest BCUT2D eigenvalue weighted by atomic mass is 35.5. The minimum absolute atomic E-state index is 0.0228. The number of β-lactam (4-membered cyclic amide) rings is 1. The first-order chi connectivity index (χ1) is 20.7. The van der Waals surface area contributed by atoms with Crippen LogP contribution in [-0.4, -0.2) is 85.1 Å². The summed E-state index contributed by atoms with van der Waals surface area (Å²) in [5.41, 5.74) is 5.68. The van der Waals surface area contributed by atoms with Crippen LogP contribution in [0.2, 0.25) is 4.34 Å². The standard InChI is InChI=1S/C18H14ClN5O5S2.2C2HF3O2/c19-13-9(22-18(20)31-13)12(25)14(26)21-10-15(27)24-11(17(28)29)8(7-30-16(10)24)6-23-4-2-1-3-5-23;2*3-2(4,5)1(6)7/h1-5,10,16H,6-7H2,(H3-,20,21,22,26,28,29);2*(H,6,7)/t10-,16+;;/m1../s1. The third kappa shape index (κ3) is 9.52. The fourth-order valence-electron chi connectivity index (χ4n) is 3.34. The van der Waals surface area contributed by atoms with Crippen molar-refractivity contribution in [3.05, 3.63) is 51.9 Å². The van der Waals surface area contributed by atoms with Gasteiger partial charge in [0.25, 0.3) is 17.6 Å². The second-order valence-electron chi connectivity index (χ2n) is 8.26. The van der Waals surface area contributed by atoms with Crippen molar-refractivity contribution < 1.29 is 75.0 Å². The van der Waals surface area contributed by atoms with Crippen LogP contribution in [0, 0.1) is 0 Å². The van der Waals surface area contributed by atoms with Crippen LogP contribution in [0.25, 0.3) is 0 Å². The highest BCUT2D eigenvalue weighted by Crippen LogP contribution is 2.40. The van der Waals surface area contributed by atoms with E-state index in [-0.39, 0.29) is 20.9 Å². The molecule has 0 spiro atoms. The smallest absolute Gasteiger partial charge is 0.490 e. The van der Waals surface area contributed by atoms with E-state index in [4.69, 9.17) is 37.1 Å². The summed E-state index contributed by atoms with van der Waals surface area (Å²) in [6.45, 7) is 0.311. The van der Waals surface area contributed by atoms with Crippen LogP contribution < -0.4 is 20.7 Å². The number of carboxylic acid groups (broad SMARTS) is 3. The molecule has 2 atom stereocenters. The van der Waals surface area contributed by atoms with Gasteiger partial charge in [-0.25, -0.2) is 19.1 Å². The molecule has 4 heterocycles. The number of carbonyl (C=O) groups is 6. The second-order valence-corrected chi connectivity index (χ2v) is 11.0. The molecule has 14 nitrogen and oxygen atoms in total. The van der Waals surface area contributed by atoms with Crippen LogP contribution in [-0.2, 0) is 30.5 Å². The van der Waals surface area contributed by atoms with E-state index in [1.807, 2.05) is 22.8 Å². The van der Waals surface area contributed by atoms with Crippen molar-refractivity contribution in [1.82, 2.24) is 15.2 Å². The van der Waals surface area contributed by atoms with Gasteiger partial charge in [-0.2, -0.15) is 26.3 Å². The summed E-state index contributed by atoms with van der Waals surface area (Å²) in [6.07, 6.45) is -6.68. The number of carboxylic acids is 3. The minimum Gasteiger partial charge on any atom is -0.542 e. The number of hydrogen-bond donors (Lipinski definition) is 4. The number of halogens is 7. The normalized spacial score (nSPS) is 17.4. The Bertz CT molecular complexity index is 1510. The molecule has 45 heavy (non-hydrogen) atoms. The zero-order valence-electron chi connectivity index (χ0n) is 21.6. The van der Waals surface area contributed by atoms with Crippen LogP contribution in [0.15, 0.2) is 41.9 Å². The molecule has 2 aliphatic rings. The van der Waals surface area contributed by atoms with Crippen molar-refractivity contribution in [3.8, 4) is 0 Å². The van der Waals surface area contributed by atoms with Gasteiger partial charge in [0.05, 0.1) is 0 Å². The molecule has 0 aromatic carbocycles. The summed E-state index contributed by atoms with van der Waals surface area (Å²) in [6, 6.07) is 4.45. The summed E-state index contributed by atoms with van der Waals surface area (Å²) in [5, 5.41) is 27.4. The minimum atomic E-state index is -5.19. The Labute approximate surface area is 259 Å². The number of alkyl halides is 6. The monoisotopic (exact) mass is 707 g/mol. The first kappa shape index (κ1) is 36.8. The molecule has 1 fully saturated rings. The quantitative estimate of drug-likeness (QED) is 0.104. The van der Waals surface area contributed by atoms with Crippen molar-refractivity contribution >= 4 is 75.3 Å². The molecule has 5 N–H and O–H groups in total. The lowest BCUT2D eigenvalue weighted by molar-refractivity contribution is -0.689. The Kier molecular flexibility index (Phi) is 11.9. The number of pyridine rings is 1. The second kappa shape index (κ2) is 14.6. The molecule has 0 bridgehead atoms. The number of nitrogens with two attached hydrogens (primary N) is 1. The summed E-state index contributed by atoms with van der Waals surface area (Å²) >= 11 is 8.04.